The molecule has 2 saturated heterocycles. The molecule has 25 heteroatoms. The zero-order valence-electron chi connectivity index (χ0n) is 43.2. The topological polar surface area (TPSA) is 340 Å². The number of thiocarbonyl (C=S) groups is 1. The summed E-state index contributed by atoms with van der Waals surface area (Å²) >= 11 is 7.29. The number of aromatic hydroxyl groups is 1. The van der Waals surface area contributed by atoms with Gasteiger partial charge in [0.25, 0.3) is 0 Å². The van der Waals surface area contributed by atoms with Crippen molar-refractivity contribution in [3.8, 4) is 28.2 Å². The van der Waals surface area contributed by atoms with Crippen molar-refractivity contribution < 1.29 is 62.4 Å². The van der Waals surface area contributed by atoms with E-state index in [4.69, 9.17) is 36.6 Å². The van der Waals surface area contributed by atoms with Crippen molar-refractivity contribution in [3.05, 3.63) is 70.4 Å². The highest BCUT2D eigenvalue weighted by atomic mass is 32.2. The number of benzene rings is 3. The minimum atomic E-state index is -1.25. The van der Waals surface area contributed by atoms with E-state index < -0.39 is 35.6 Å². The Balaban J connectivity index is 0.771. The fourth-order valence-corrected chi connectivity index (χ4v) is 10.6. The van der Waals surface area contributed by atoms with E-state index in [0.29, 0.717) is 105 Å². The van der Waals surface area contributed by atoms with Crippen LogP contribution in [-0.2, 0) is 38.2 Å². The van der Waals surface area contributed by atoms with Crippen molar-refractivity contribution in [1.29, 1.82) is 0 Å². The summed E-state index contributed by atoms with van der Waals surface area (Å²) in [5, 5.41) is 43.8. The maximum Gasteiger partial charge on any atom is 0.336 e. The Morgan fingerprint density at radius 2 is 1.44 bits per heavy atom. The predicted molar refractivity (Wildman–Crippen MR) is 296 cm³/mol. The molecule has 4 aliphatic rings. The highest BCUT2D eigenvalue weighted by molar-refractivity contribution is 8.00. The summed E-state index contributed by atoms with van der Waals surface area (Å²) in [6.45, 7) is 3.59. The van der Waals surface area contributed by atoms with Gasteiger partial charge in [0.2, 0.25) is 29.5 Å². The number of nitrogens with two attached hydrogens (primary N) is 1. The van der Waals surface area contributed by atoms with Crippen LogP contribution in [0, 0.1) is 0 Å². The molecule has 2 aromatic rings. The average Bonchev–Trinajstić information content (AvgIpc) is 3.97. The van der Waals surface area contributed by atoms with Crippen LogP contribution in [0.3, 0.4) is 0 Å². The number of hydrogen-bond donors (Lipinski definition) is 11. The Labute approximate surface area is 460 Å². The molecule has 1 aliphatic carbocycles. The Kier molecular flexibility index (Phi) is 24.2. The van der Waals surface area contributed by atoms with E-state index in [9.17, 15) is 48.6 Å². The molecule has 422 valence electrons. The number of carbonyl (C=O) groups excluding carboxylic acids is 6. The van der Waals surface area contributed by atoms with Crippen molar-refractivity contribution in [2.45, 2.75) is 94.0 Å². The van der Waals surface area contributed by atoms with Gasteiger partial charge >= 0.3 is 12.0 Å². The van der Waals surface area contributed by atoms with Crippen molar-refractivity contribution in [3.63, 3.8) is 0 Å². The number of rotatable bonds is 34. The molecule has 4 atom stereocenters. The van der Waals surface area contributed by atoms with Crippen LogP contribution < -0.4 is 53.7 Å². The number of aromatic carboxylic acids is 1. The fraction of sp³-hybridized carbons (Fsp3) is 0.491. The van der Waals surface area contributed by atoms with E-state index >= 15 is 0 Å². The van der Waals surface area contributed by atoms with Crippen LogP contribution in [0.4, 0.5) is 10.5 Å². The third-order valence-electron chi connectivity index (χ3n) is 12.7. The molecule has 2 aromatic carbocycles. The first-order valence-corrected chi connectivity index (χ1v) is 27.5. The SMILES string of the molecule is NC(=O)CC[C@H](NC(=O)CCNC(=S)Nc1ccc(-c2c3ccc(=O)cc-3oc3cc(O)ccc23)c(C(=O)O)c1)C(=O)NCC(=O)NCCCOCCCOCCCOCCCNC(=O)CCCC[C@H]1SC[C@@H]2NC(=O)N[C@@H]21. The third-order valence-corrected chi connectivity index (χ3v) is 14.4. The second kappa shape index (κ2) is 31.4. The number of anilines is 1. The van der Waals surface area contributed by atoms with Crippen LogP contribution in [0.1, 0.15) is 81.0 Å². The number of amides is 7. The second-order valence-electron chi connectivity index (χ2n) is 18.7. The van der Waals surface area contributed by atoms with Crippen LogP contribution in [0.25, 0.3) is 33.4 Å². The first-order chi connectivity index (χ1) is 37.6. The normalized spacial score (nSPS) is 15.9. The summed E-state index contributed by atoms with van der Waals surface area (Å²) < 4.78 is 22.8. The molecule has 0 unspecified atom stereocenters. The number of urea groups is 1. The van der Waals surface area contributed by atoms with Crippen molar-refractivity contribution in [1.82, 2.24) is 37.2 Å². The number of phenolic OH excluding ortho intramolecular Hbond substituents is 1. The maximum atomic E-state index is 13.0. The van der Waals surface area contributed by atoms with E-state index in [0.717, 1.165) is 37.9 Å². The highest BCUT2D eigenvalue weighted by Crippen LogP contribution is 2.42. The van der Waals surface area contributed by atoms with E-state index in [1.807, 2.05) is 11.8 Å². The monoisotopic (exact) mass is 1120 g/mol. The van der Waals surface area contributed by atoms with Crippen molar-refractivity contribution in [2.24, 2.45) is 5.73 Å². The number of hydrogen-bond acceptors (Lipinski definition) is 15. The molecule has 7 amide bonds. The van der Waals surface area contributed by atoms with Gasteiger partial charge in [-0.15, -0.1) is 0 Å². The summed E-state index contributed by atoms with van der Waals surface area (Å²) in [4.78, 5) is 98.4. The number of nitrogens with one attached hydrogen (secondary N) is 8. The van der Waals surface area contributed by atoms with E-state index in [1.165, 1.54) is 30.3 Å². The smallest absolute Gasteiger partial charge is 0.336 e. The summed E-state index contributed by atoms with van der Waals surface area (Å²) in [5.41, 5.74) is 6.70. The molecule has 23 nitrogen and oxygen atoms in total. The summed E-state index contributed by atoms with van der Waals surface area (Å²) in [6.07, 6.45) is 5.50. The highest BCUT2D eigenvalue weighted by Gasteiger charge is 2.42. The predicted octanol–water partition coefficient (Wildman–Crippen LogP) is 3.08. The van der Waals surface area contributed by atoms with Crippen LogP contribution in [0.5, 0.6) is 5.75 Å². The number of carbonyl (C=O) groups is 7. The number of ether oxygens (including phenoxy) is 3. The Bertz CT molecular complexity index is 2760. The lowest BCUT2D eigenvalue weighted by Crippen LogP contribution is -2.49. The van der Waals surface area contributed by atoms with Gasteiger partial charge in [0.15, 0.2) is 10.5 Å². The van der Waals surface area contributed by atoms with Gasteiger partial charge in [-0.3, -0.25) is 28.8 Å². The zero-order chi connectivity index (χ0) is 55.8. The minimum absolute atomic E-state index is 0.000718. The molecule has 2 fully saturated rings. The third kappa shape index (κ3) is 19.4. The molecule has 78 heavy (non-hydrogen) atoms. The lowest BCUT2D eigenvalue weighted by atomic mass is 9.90. The number of carboxylic acid groups (broad SMARTS) is 1. The van der Waals surface area contributed by atoms with Gasteiger partial charge in [0, 0.05) is 124 Å². The maximum absolute atomic E-state index is 13.0. The Hall–Kier alpha value is -7.06. The molecular formula is C53H69N9O14S2. The van der Waals surface area contributed by atoms with Crippen LogP contribution >= 0.6 is 24.0 Å². The molecule has 12 N–H and O–H groups in total. The number of unbranched alkanes of at least 4 members (excludes halogenated alkanes) is 1. The van der Waals surface area contributed by atoms with E-state index in [-0.39, 0.29) is 89.6 Å². The van der Waals surface area contributed by atoms with Crippen LogP contribution in [0.15, 0.2) is 63.8 Å². The first kappa shape index (κ1) is 60.2. The number of primary amides is 1. The molecule has 0 radical (unpaired) electrons. The standard InChI is InChI=1S/C53H69N9O14S2/c54-44(65)16-15-39(60-46(67)17-20-57-53(77)59-32-9-12-35(38(27-32)51(70)71)48-36-13-10-33(63)28-41(36)76-42-29-34(64)11-14-37(42)48)50(69)58-30-47(68)56-19-4-22-74-24-6-26-75-25-5-23-73-21-3-18-55-45(66)8-2-1-7-43-49-40(31-78-43)61-52(72)62-49/h9-14,27-29,39-40,43,49,63H,1-8,15-26,30-31H2,(H2,54,65)(H,55,66)(H,56,68)(H,58,69)(H,60,67)(H,70,71)(H2,57,59,77)(H2,61,62,72)/t39-,40-,43+,49-/m0/s1. The van der Waals surface area contributed by atoms with E-state index in [1.54, 1.807) is 24.3 Å². The van der Waals surface area contributed by atoms with Crippen molar-refractivity contribution >= 4 is 87.3 Å². The zero-order valence-corrected chi connectivity index (χ0v) is 44.9. The molecule has 6 rings (SSSR count). The number of phenols is 1. The molecular weight excluding hydrogens is 1050 g/mol. The molecule has 3 heterocycles. The van der Waals surface area contributed by atoms with E-state index in [2.05, 4.69) is 42.5 Å². The van der Waals surface area contributed by atoms with Crippen LogP contribution in [0.2, 0.25) is 0 Å². The van der Waals surface area contributed by atoms with Gasteiger partial charge in [-0.1, -0.05) is 12.5 Å². The summed E-state index contributed by atoms with van der Waals surface area (Å²) in [7, 11) is 0. The minimum Gasteiger partial charge on any atom is -0.508 e. The van der Waals surface area contributed by atoms with Crippen molar-refractivity contribution in [2.75, 3.05) is 76.9 Å². The molecule has 0 aromatic heterocycles. The molecule has 0 saturated carbocycles. The average molecular weight is 1120 g/mol. The number of carboxylic acids is 1. The lowest BCUT2D eigenvalue weighted by molar-refractivity contribution is -0.131. The number of thioether (sulfide) groups is 1. The number of fused-ring (bicyclic) bond motifs is 3. The molecule has 3 aliphatic heterocycles. The lowest BCUT2D eigenvalue weighted by Gasteiger charge is -2.19. The Morgan fingerprint density at radius 1 is 0.744 bits per heavy atom. The largest absolute Gasteiger partial charge is 0.508 e. The second-order valence-corrected chi connectivity index (χ2v) is 20.4. The quantitative estimate of drug-likeness (QED) is 0.0139. The summed E-state index contributed by atoms with van der Waals surface area (Å²) in [6, 6.07) is 12.3. The van der Waals surface area contributed by atoms with Gasteiger partial charge < -0.3 is 77.1 Å². The van der Waals surface area contributed by atoms with Crippen LogP contribution in [-0.4, -0.2) is 152 Å². The van der Waals surface area contributed by atoms with Gasteiger partial charge in [-0.2, -0.15) is 11.8 Å². The van der Waals surface area contributed by atoms with Gasteiger partial charge in [0.05, 0.1) is 24.2 Å². The summed E-state index contributed by atoms with van der Waals surface area (Å²) in [5.74, 6) is -2.54. The fourth-order valence-electron chi connectivity index (χ4n) is 8.81. The molecule has 0 spiro atoms. The molecule has 0 bridgehead atoms. The van der Waals surface area contributed by atoms with Gasteiger partial charge in [0.1, 0.15) is 23.1 Å². The van der Waals surface area contributed by atoms with Gasteiger partial charge in [-0.05, 0) is 99.1 Å². The Morgan fingerprint density at radius 3 is 2.14 bits per heavy atom. The first-order valence-electron chi connectivity index (χ1n) is 26.1. The van der Waals surface area contributed by atoms with Gasteiger partial charge in [-0.25, -0.2) is 9.59 Å².